The molecule has 0 aromatic heterocycles. The van der Waals surface area contributed by atoms with Crippen LogP contribution in [0.15, 0.2) is 18.2 Å². The SMILES string of the molecule is CC1CN(C)CCCN1c1c(Cl)cccc1CCl. The van der Waals surface area contributed by atoms with Crippen molar-refractivity contribution in [2.24, 2.45) is 0 Å². The predicted octanol–water partition coefficient (Wildman–Crippen LogP) is 3.61. The second kappa shape index (κ2) is 6.14. The molecule has 0 amide bonds. The molecule has 100 valence electrons. The van der Waals surface area contributed by atoms with Crippen molar-refractivity contribution < 1.29 is 0 Å². The van der Waals surface area contributed by atoms with E-state index in [1.807, 2.05) is 12.1 Å². The fourth-order valence-corrected chi connectivity index (χ4v) is 3.21. The highest BCUT2D eigenvalue weighted by molar-refractivity contribution is 6.33. The lowest BCUT2D eigenvalue weighted by Crippen LogP contribution is -2.38. The molecule has 1 unspecified atom stereocenters. The first-order valence-corrected chi connectivity index (χ1v) is 7.33. The van der Waals surface area contributed by atoms with Crippen LogP contribution in [0.25, 0.3) is 0 Å². The van der Waals surface area contributed by atoms with Gasteiger partial charge in [-0.25, -0.2) is 0 Å². The largest absolute Gasteiger partial charge is 0.366 e. The van der Waals surface area contributed by atoms with Crippen LogP contribution in [-0.4, -0.2) is 37.6 Å². The minimum Gasteiger partial charge on any atom is -0.366 e. The van der Waals surface area contributed by atoms with E-state index in [1.165, 1.54) is 0 Å². The third-order valence-corrected chi connectivity index (χ3v) is 4.14. The molecule has 0 N–H and O–H groups in total. The zero-order valence-corrected chi connectivity index (χ0v) is 12.5. The summed E-state index contributed by atoms with van der Waals surface area (Å²) in [5, 5.41) is 0.810. The summed E-state index contributed by atoms with van der Waals surface area (Å²) in [6.45, 7) is 5.50. The average molecular weight is 287 g/mol. The standard InChI is InChI=1S/C14H20Cl2N2/c1-11-10-17(2)7-4-8-18(11)14-12(9-15)5-3-6-13(14)16/h3,5-6,11H,4,7-10H2,1-2H3. The third-order valence-electron chi connectivity index (χ3n) is 3.55. The number of likely N-dealkylation sites (N-methyl/N-ethyl adjacent to an activating group) is 1. The normalized spacial score (nSPS) is 22.0. The molecular formula is C14H20Cl2N2. The van der Waals surface area contributed by atoms with Gasteiger partial charge in [-0.3, -0.25) is 0 Å². The predicted molar refractivity (Wildman–Crippen MR) is 79.9 cm³/mol. The molecule has 1 aromatic carbocycles. The first-order valence-electron chi connectivity index (χ1n) is 6.42. The Morgan fingerprint density at radius 2 is 2.11 bits per heavy atom. The lowest BCUT2D eigenvalue weighted by Gasteiger charge is -2.32. The molecule has 0 spiro atoms. The Kier molecular flexibility index (Phi) is 4.77. The van der Waals surface area contributed by atoms with E-state index in [0.29, 0.717) is 11.9 Å². The van der Waals surface area contributed by atoms with Crippen LogP contribution in [0.5, 0.6) is 0 Å². The second-order valence-corrected chi connectivity index (χ2v) is 5.71. The van der Waals surface area contributed by atoms with E-state index >= 15 is 0 Å². The second-order valence-electron chi connectivity index (χ2n) is 5.04. The van der Waals surface area contributed by atoms with E-state index < -0.39 is 0 Å². The van der Waals surface area contributed by atoms with Gasteiger partial charge < -0.3 is 9.80 Å². The zero-order chi connectivity index (χ0) is 13.1. The minimum absolute atomic E-state index is 0.458. The van der Waals surface area contributed by atoms with Gasteiger partial charge in [0.05, 0.1) is 10.7 Å². The van der Waals surface area contributed by atoms with E-state index in [-0.39, 0.29) is 0 Å². The highest BCUT2D eigenvalue weighted by Gasteiger charge is 2.23. The summed E-state index contributed by atoms with van der Waals surface area (Å²) in [6.07, 6.45) is 1.16. The summed E-state index contributed by atoms with van der Waals surface area (Å²) >= 11 is 12.4. The molecule has 1 atom stereocenters. The Labute approximate surface area is 119 Å². The highest BCUT2D eigenvalue weighted by atomic mass is 35.5. The van der Waals surface area contributed by atoms with Gasteiger partial charge in [0.15, 0.2) is 0 Å². The molecule has 0 saturated carbocycles. The first-order chi connectivity index (χ1) is 8.63. The van der Waals surface area contributed by atoms with Crippen LogP contribution in [0.4, 0.5) is 5.69 Å². The summed E-state index contributed by atoms with van der Waals surface area (Å²) in [7, 11) is 2.18. The van der Waals surface area contributed by atoms with E-state index in [2.05, 4.69) is 29.8 Å². The van der Waals surface area contributed by atoms with Crippen LogP contribution in [0, 0.1) is 0 Å². The number of benzene rings is 1. The summed E-state index contributed by atoms with van der Waals surface area (Å²) in [4.78, 5) is 4.78. The maximum Gasteiger partial charge on any atom is 0.0642 e. The van der Waals surface area contributed by atoms with Crippen molar-refractivity contribution in [1.82, 2.24) is 4.90 Å². The summed E-state index contributed by atoms with van der Waals surface area (Å²) < 4.78 is 0. The molecule has 1 heterocycles. The van der Waals surface area contributed by atoms with Crippen LogP contribution < -0.4 is 4.90 Å². The number of halogens is 2. The molecule has 0 aliphatic carbocycles. The van der Waals surface area contributed by atoms with E-state index in [4.69, 9.17) is 23.2 Å². The fourth-order valence-electron chi connectivity index (χ4n) is 2.69. The van der Waals surface area contributed by atoms with E-state index in [1.54, 1.807) is 0 Å². The number of anilines is 1. The molecule has 1 aromatic rings. The summed E-state index contributed by atoms with van der Waals surface area (Å²) in [5.41, 5.74) is 2.25. The van der Waals surface area contributed by atoms with E-state index in [0.717, 1.165) is 42.3 Å². The molecule has 1 saturated heterocycles. The van der Waals surface area contributed by atoms with Crippen molar-refractivity contribution in [2.75, 3.05) is 31.6 Å². The quantitative estimate of drug-likeness (QED) is 0.767. The number of rotatable bonds is 2. The summed E-state index contributed by atoms with van der Waals surface area (Å²) in [5.74, 6) is 0.509. The topological polar surface area (TPSA) is 6.48 Å². The molecule has 18 heavy (non-hydrogen) atoms. The van der Waals surface area contributed by atoms with Gasteiger partial charge in [-0.2, -0.15) is 0 Å². The van der Waals surface area contributed by atoms with Gasteiger partial charge in [-0.05, 0) is 38.6 Å². The van der Waals surface area contributed by atoms with Crippen molar-refractivity contribution in [3.05, 3.63) is 28.8 Å². The third kappa shape index (κ3) is 2.93. The number of hydrogen-bond acceptors (Lipinski definition) is 2. The molecule has 1 aliphatic rings. The van der Waals surface area contributed by atoms with Crippen molar-refractivity contribution in [1.29, 1.82) is 0 Å². The van der Waals surface area contributed by atoms with Crippen LogP contribution in [0.1, 0.15) is 18.9 Å². The monoisotopic (exact) mass is 286 g/mol. The van der Waals surface area contributed by atoms with Gasteiger partial charge in [0.2, 0.25) is 0 Å². The van der Waals surface area contributed by atoms with Crippen LogP contribution in [0.2, 0.25) is 5.02 Å². The molecule has 1 fully saturated rings. The number of nitrogens with zero attached hydrogens (tertiary/aromatic N) is 2. The van der Waals surface area contributed by atoms with Gasteiger partial charge in [-0.15, -0.1) is 11.6 Å². The van der Waals surface area contributed by atoms with Crippen molar-refractivity contribution in [3.8, 4) is 0 Å². The highest BCUT2D eigenvalue weighted by Crippen LogP contribution is 2.33. The Morgan fingerprint density at radius 3 is 2.83 bits per heavy atom. The Balaban J connectivity index is 2.34. The average Bonchev–Trinajstić information content (AvgIpc) is 2.50. The lowest BCUT2D eigenvalue weighted by atomic mass is 10.1. The Hall–Kier alpha value is -0.440. The Morgan fingerprint density at radius 1 is 1.33 bits per heavy atom. The number of hydrogen-bond donors (Lipinski definition) is 0. The zero-order valence-electron chi connectivity index (χ0n) is 11.0. The maximum absolute atomic E-state index is 6.38. The van der Waals surface area contributed by atoms with Gasteiger partial charge in [0.25, 0.3) is 0 Å². The summed E-state index contributed by atoms with van der Waals surface area (Å²) in [6, 6.07) is 6.45. The van der Waals surface area contributed by atoms with Gasteiger partial charge >= 0.3 is 0 Å². The van der Waals surface area contributed by atoms with Gasteiger partial charge in [0, 0.05) is 25.0 Å². The van der Waals surface area contributed by atoms with Crippen molar-refractivity contribution in [3.63, 3.8) is 0 Å². The molecule has 4 heteroatoms. The van der Waals surface area contributed by atoms with Crippen LogP contribution in [0.3, 0.4) is 0 Å². The minimum atomic E-state index is 0.458. The van der Waals surface area contributed by atoms with Crippen LogP contribution in [-0.2, 0) is 5.88 Å². The molecule has 0 radical (unpaired) electrons. The van der Waals surface area contributed by atoms with E-state index in [9.17, 15) is 0 Å². The molecule has 2 nitrogen and oxygen atoms in total. The van der Waals surface area contributed by atoms with Crippen molar-refractivity contribution >= 4 is 28.9 Å². The smallest absolute Gasteiger partial charge is 0.0642 e. The molecule has 0 bridgehead atoms. The maximum atomic E-state index is 6.38. The number of para-hydroxylation sites is 1. The molecule has 1 aliphatic heterocycles. The van der Waals surface area contributed by atoms with Crippen LogP contribution >= 0.6 is 23.2 Å². The Bertz CT molecular complexity index is 409. The van der Waals surface area contributed by atoms with Gasteiger partial charge in [0.1, 0.15) is 0 Å². The molecule has 2 rings (SSSR count). The first kappa shape index (κ1) is 14.0. The number of alkyl halides is 1. The molecular weight excluding hydrogens is 267 g/mol. The van der Waals surface area contributed by atoms with Crippen molar-refractivity contribution in [2.45, 2.75) is 25.3 Å². The fraction of sp³-hybridized carbons (Fsp3) is 0.571. The lowest BCUT2D eigenvalue weighted by molar-refractivity contribution is 0.337. The van der Waals surface area contributed by atoms with Gasteiger partial charge in [-0.1, -0.05) is 23.7 Å².